The van der Waals surface area contributed by atoms with E-state index in [-0.39, 0.29) is 4.92 Å². The summed E-state index contributed by atoms with van der Waals surface area (Å²) >= 11 is 0. The lowest BCUT2D eigenvalue weighted by Gasteiger charge is -2.33. The van der Waals surface area contributed by atoms with Gasteiger partial charge >= 0.3 is 0 Å². The van der Waals surface area contributed by atoms with Crippen LogP contribution in [0.3, 0.4) is 0 Å². The molecule has 23 heavy (non-hydrogen) atoms. The Bertz CT molecular complexity index is 644. The molecule has 2 aliphatic heterocycles. The van der Waals surface area contributed by atoms with Crippen LogP contribution in [0.4, 0.5) is 17.5 Å². The first kappa shape index (κ1) is 15.6. The van der Waals surface area contributed by atoms with Crippen LogP contribution >= 0.6 is 0 Å². The van der Waals surface area contributed by atoms with Gasteiger partial charge in [-0.1, -0.05) is 0 Å². The number of aryl methyl sites for hydroxylation is 1. The number of likely N-dealkylation sites (N-methyl/N-ethyl adjacent to an activating group) is 1. The molecule has 0 aromatic carbocycles. The third-order valence-electron chi connectivity index (χ3n) is 4.29. The molecular formula is C14H20N6O3. The van der Waals surface area contributed by atoms with Crippen molar-refractivity contribution >= 4 is 23.7 Å². The first-order chi connectivity index (χ1) is 11.0. The van der Waals surface area contributed by atoms with Crippen LogP contribution in [0, 0.1) is 17.0 Å². The zero-order valence-electron chi connectivity index (χ0n) is 13.5. The maximum absolute atomic E-state index is 11.1. The van der Waals surface area contributed by atoms with Gasteiger partial charge in [-0.05, 0) is 6.92 Å². The Labute approximate surface area is 134 Å². The minimum atomic E-state index is -0.765. The zero-order chi connectivity index (χ0) is 16.6. The molecule has 0 bridgehead atoms. The monoisotopic (exact) mass is 320 g/mol. The number of hydrogen-bond donors (Lipinski definition) is 0. The SMILES string of the molecule is Cc1nc(N2CCOCC2)nc2c1N=CC(C(C)[N+](=O)[O-])N2C. The number of rotatable bonds is 3. The van der Waals surface area contributed by atoms with Gasteiger partial charge in [0.15, 0.2) is 5.82 Å². The highest BCUT2D eigenvalue weighted by Gasteiger charge is 2.34. The Morgan fingerprint density at radius 1 is 1.39 bits per heavy atom. The number of fused-ring (bicyclic) bond motifs is 1. The molecule has 0 radical (unpaired) electrons. The molecular weight excluding hydrogens is 300 g/mol. The number of nitro groups is 1. The van der Waals surface area contributed by atoms with E-state index in [9.17, 15) is 10.1 Å². The summed E-state index contributed by atoms with van der Waals surface area (Å²) in [6.07, 6.45) is 1.61. The molecule has 1 aromatic rings. The molecule has 0 aliphatic carbocycles. The molecule has 2 atom stereocenters. The van der Waals surface area contributed by atoms with Crippen molar-refractivity contribution in [3.63, 3.8) is 0 Å². The summed E-state index contributed by atoms with van der Waals surface area (Å²) in [4.78, 5) is 28.2. The van der Waals surface area contributed by atoms with Crippen LogP contribution in [-0.2, 0) is 4.74 Å². The summed E-state index contributed by atoms with van der Waals surface area (Å²) in [7, 11) is 1.81. The van der Waals surface area contributed by atoms with E-state index in [1.807, 2.05) is 18.9 Å². The second-order valence-electron chi connectivity index (χ2n) is 5.79. The van der Waals surface area contributed by atoms with Crippen LogP contribution in [0.2, 0.25) is 0 Å². The van der Waals surface area contributed by atoms with Crippen molar-refractivity contribution in [3.05, 3.63) is 15.8 Å². The van der Waals surface area contributed by atoms with Crippen LogP contribution in [0.15, 0.2) is 4.99 Å². The van der Waals surface area contributed by atoms with Crippen molar-refractivity contribution < 1.29 is 9.66 Å². The molecule has 1 aromatic heterocycles. The van der Waals surface area contributed by atoms with Crippen LogP contribution in [0.5, 0.6) is 0 Å². The minimum absolute atomic E-state index is 0.297. The second-order valence-corrected chi connectivity index (χ2v) is 5.79. The van der Waals surface area contributed by atoms with E-state index in [0.717, 1.165) is 18.8 Å². The maximum Gasteiger partial charge on any atom is 0.235 e. The predicted molar refractivity (Wildman–Crippen MR) is 86.6 cm³/mol. The largest absolute Gasteiger partial charge is 0.378 e. The van der Waals surface area contributed by atoms with E-state index in [0.29, 0.717) is 30.7 Å². The quantitative estimate of drug-likeness (QED) is 0.600. The highest BCUT2D eigenvalue weighted by atomic mass is 16.6. The zero-order valence-corrected chi connectivity index (χ0v) is 13.5. The van der Waals surface area contributed by atoms with E-state index in [2.05, 4.69) is 19.9 Å². The van der Waals surface area contributed by atoms with Gasteiger partial charge in [0.1, 0.15) is 11.7 Å². The number of morpholine rings is 1. The van der Waals surface area contributed by atoms with Crippen molar-refractivity contribution in [1.29, 1.82) is 0 Å². The predicted octanol–water partition coefficient (Wildman–Crippen LogP) is 0.808. The summed E-state index contributed by atoms with van der Waals surface area (Å²) in [5, 5.41) is 11.1. The summed E-state index contributed by atoms with van der Waals surface area (Å²) < 4.78 is 5.35. The topological polar surface area (TPSA) is 97.0 Å². The molecule has 0 N–H and O–H groups in total. The van der Waals surface area contributed by atoms with Gasteiger partial charge in [0, 0.05) is 38.2 Å². The maximum atomic E-state index is 11.1. The van der Waals surface area contributed by atoms with Crippen molar-refractivity contribution in [3.8, 4) is 0 Å². The first-order valence-electron chi connectivity index (χ1n) is 7.61. The summed E-state index contributed by atoms with van der Waals surface area (Å²) in [6.45, 7) is 6.23. The van der Waals surface area contributed by atoms with Gasteiger partial charge < -0.3 is 14.5 Å². The molecule has 0 spiro atoms. The van der Waals surface area contributed by atoms with E-state index >= 15 is 0 Å². The number of hydrogen-bond acceptors (Lipinski definition) is 8. The Hall–Kier alpha value is -2.29. The Kier molecular flexibility index (Phi) is 4.12. The first-order valence-corrected chi connectivity index (χ1v) is 7.61. The van der Waals surface area contributed by atoms with E-state index in [1.54, 1.807) is 13.1 Å². The van der Waals surface area contributed by atoms with Crippen molar-refractivity contribution in [2.75, 3.05) is 43.2 Å². The van der Waals surface area contributed by atoms with Crippen molar-refractivity contribution in [2.24, 2.45) is 4.99 Å². The van der Waals surface area contributed by atoms with Gasteiger partial charge in [0.05, 0.1) is 18.9 Å². The lowest BCUT2D eigenvalue weighted by molar-refractivity contribution is -0.518. The Morgan fingerprint density at radius 2 is 2.09 bits per heavy atom. The molecule has 1 fully saturated rings. The van der Waals surface area contributed by atoms with E-state index < -0.39 is 12.1 Å². The van der Waals surface area contributed by atoms with Crippen LogP contribution in [0.1, 0.15) is 12.6 Å². The molecule has 3 rings (SSSR count). The average Bonchev–Trinajstić information content (AvgIpc) is 2.55. The molecule has 2 aliphatic rings. The fourth-order valence-electron chi connectivity index (χ4n) is 2.80. The molecule has 3 heterocycles. The number of aromatic nitrogens is 2. The molecule has 9 nitrogen and oxygen atoms in total. The molecule has 0 amide bonds. The average molecular weight is 320 g/mol. The second kappa shape index (κ2) is 6.07. The van der Waals surface area contributed by atoms with Gasteiger partial charge in [-0.3, -0.25) is 15.1 Å². The van der Waals surface area contributed by atoms with E-state index in [4.69, 9.17) is 4.74 Å². The standard InChI is InChI=1S/C14H20N6O3/c1-9-12-13(17-14(16-9)19-4-6-23-7-5-19)18(3)11(8-15-12)10(2)20(21)22/h8,10-11H,4-7H2,1-3H3. The lowest BCUT2D eigenvalue weighted by Crippen LogP contribution is -2.47. The Morgan fingerprint density at radius 3 is 2.74 bits per heavy atom. The fourth-order valence-corrected chi connectivity index (χ4v) is 2.80. The van der Waals surface area contributed by atoms with Gasteiger partial charge in [-0.15, -0.1) is 0 Å². The molecule has 9 heteroatoms. The molecule has 0 saturated carbocycles. The number of ether oxygens (including phenoxy) is 1. The summed E-state index contributed by atoms with van der Waals surface area (Å²) in [6, 6.07) is -1.19. The molecule has 2 unspecified atom stereocenters. The highest BCUT2D eigenvalue weighted by molar-refractivity contribution is 5.84. The normalized spacial score (nSPS) is 22.0. The van der Waals surface area contributed by atoms with Crippen molar-refractivity contribution in [1.82, 2.24) is 9.97 Å². The van der Waals surface area contributed by atoms with Crippen LogP contribution in [-0.4, -0.2) is 66.5 Å². The summed E-state index contributed by atoms with van der Waals surface area (Å²) in [5.41, 5.74) is 1.45. The van der Waals surface area contributed by atoms with E-state index in [1.165, 1.54) is 0 Å². The van der Waals surface area contributed by atoms with Crippen LogP contribution in [0.25, 0.3) is 0 Å². The molecule has 124 valence electrons. The number of nitrogens with zero attached hydrogens (tertiary/aromatic N) is 6. The van der Waals surface area contributed by atoms with Crippen molar-refractivity contribution in [2.45, 2.75) is 25.9 Å². The van der Waals surface area contributed by atoms with Gasteiger partial charge in [0.25, 0.3) is 0 Å². The Balaban J connectivity index is 1.96. The number of aliphatic imine (C=N–C) groups is 1. The van der Waals surface area contributed by atoms with Gasteiger partial charge in [-0.2, -0.15) is 4.98 Å². The van der Waals surface area contributed by atoms with Gasteiger partial charge in [0.2, 0.25) is 12.0 Å². The molecule has 1 saturated heterocycles. The minimum Gasteiger partial charge on any atom is -0.378 e. The summed E-state index contributed by atoms with van der Waals surface area (Å²) in [5.74, 6) is 1.26. The third kappa shape index (κ3) is 2.83. The lowest BCUT2D eigenvalue weighted by atomic mass is 10.1. The highest BCUT2D eigenvalue weighted by Crippen LogP contribution is 2.35. The number of anilines is 2. The van der Waals surface area contributed by atoms with Crippen LogP contribution < -0.4 is 9.80 Å². The fraction of sp³-hybridized carbons (Fsp3) is 0.643. The third-order valence-corrected chi connectivity index (χ3v) is 4.29. The van der Waals surface area contributed by atoms with Gasteiger partial charge in [-0.25, -0.2) is 4.98 Å². The smallest absolute Gasteiger partial charge is 0.235 e.